The molecule has 1 fully saturated rings. The largest absolute Gasteiger partial charge is 0.356 e. The van der Waals surface area contributed by atoms with Gasteiger partial charge < -0.3 is 15.5 Å². The minimum absolute atomic E-state index is 0.727. The molecule has 25 heavy (non-hydrogen) atoms. The smallest absolute Gasteiger partial charge is 0.190 e. The minimum atomic E-state index is 0.727. The van der Waals surface area contributed by atoms with Crippen molar-refractivity contribution < 1.29 is 0 Å². The van der Waals surface area contributed by atoms with E-state index in [1.807, 2.05) is 7.05 Å². The van der Waals surface area contributed by atoms with Crippen LogP contribution in [0.15, 0.2) is 35.3 Å². The summed E-state index contributed by atoms with van der Waals surface area (Å²) >= 11 is 0. The molecule has 1 aromatic rings. The molecule has 1 aliphatic rings. The predicted molar refractivity (Wildman–Crippen MR) is 108 cm³/mol. The number of nitrogens with one attached hydrogen (secondary N) is 2. The second kappa shape index (κ2) is 11.1. The third kappa shape index (κ3) is 7.91. The van der Waals surface area contributed by atoms with Gasteiger partial charge in [-0.1, -0.05) is 44.2 Å². The van der Waals surface area contributed by atoms with Crippen LogP contribution in [0.1, 0.15) is 38.7 Å². The third-order valence-corrected chi connectivity index (χ3v) is 4.96. The van der Waals surface area contributed by atoms with E-state index < -0.39 is 0 Å². The number of nitrogens with zero attached hydrogens (tertiary/aromatic N) is 2. The summed E-state index contributed by atoms with van der Waals surface area (Å²) in [6, 6.07) is 10.8. The molecule has 0 radical (unpaired) electrons. The molecule has 0 aromatic heterocycles. The van der Waals surface area contributed by atoms with Gasteiger partial charge in [0.05, 0.1) is 0 Å². The molecule has 0 bridgehead atoms. The lowest BCUT2D eigenvalue weighted by Crippen LogP contribution is -2.40. The standard InChI is InChI=1S/C21H36N4/c1-18(2)8-7-13-23-21(22-3)24-16-20-12-15-25(17-20)14-11-19-9-5-4-6-10-19/h4-6,9-10,18,20H,7-8,11-17H2,1-3H3,(H2,22,23,24). The van der Waals surface area contributed by atoms with E-state index >= 15 is 0 Å². The van der Waals surface area contributed by atoms with Gasteiger partial charge in [-0.15, -0.1) is 0 Å². The zero-order valence-corrected chi connectivity index (χ0v) is 16.3. The number of guanidine groups is 1. The maximum atomic E-state index is 4.34. The number of hydrogen-bond donors (Lipinski definition) is 2. The number of benzene rings is 1. The molecule has 0 spiro atoms. The van der Waals surface area contributed by atoms with Crippen LogP contribution in [0.2, 0.25) is 0 Å². The molecule has 1 unspecified atom stereocenters. The Morgan fingerprint density at radius 2 is 2.04 bits per heavy atom. The molecule has 2 rings (SSSR count). The average Bonchev–Trinajstić information content (AvgIpc) is 3.08. The van der Waals surface area contributed by atoms with Gasteiger partial charge in [-0.3, -0.25) is 4.99 Å². The third-order valence-electron chi connectivity index (χ3n) is 4.96. The van der Waals surface area contributed by atoms with E-state index in [0.717, 1.165) is 37.3 Å². The molecular weight excluding hydrogens is 308 g/mol. The lowest BCUT2D eigenvalue weighted by atomic mass is 10.1. The lowest BCUT2D eigenvalue weighted by Gasteiger charge is -2.17. The molecule has 1 heterocycles. The molecule has 0 saturated carbocycles. The van der Waals surface area contributed by atoms with Gasteiger partial charge in [0.15, 0.2) is 5.96 Å². The van der Waals surface area contributed by atoms with E-state index in [2.05, 4.69) is 64.7 Å². The van der Waals surface area contributed by atoms with Crippen molar-refractivity contribution in [2.24, 2.45) is 16.8 Å². The van der Waals surface area contributed by atoms with Gasteiger partial charge in [-0.05, 0) is 49.6 Å². The molecule has 4 nitrogen and oxygen atoms in total. The highest BCUT2D eigenvalue weighted by Crippen LogP contribution is 2.16. The highest BCUT2D eigenvalue weighted by atomic mass is 15.2. The maximum Gasteiger partial charge on any atom is 0.190 e. The molecule has 1 atom stereocenters. The summed E-state index contributed by atoms with van der Waals surface area (Å²) in [5.41, 5.74) is 1.44. The SMILES string of the molecule is CN=C(NCCCC(C)C)NCC1CCN(CCc2ccccc2)C1. The Balaban J connectivity index is 1.60. The summed E-state index contributed by atoms with van der Waals surface area (Å²) in [6.07, 6.45) is 4.91. The van der Waals surface area contributed by atoms with Gasteiger partial charge in [-0.25, -0.2) is 0 Å². The fourth-order valence-corrected chi connectivity index (χ4v) is 3.39. The Morgan fingerprint density at radius 3 is 2.76 bits per heavy atom. The first-order valence-corrected chi connectivity index (χ1v) is 9.88. The van der Waals surface area contributed by atoms with Crippen molar-refractivity contribution in [3.63, 3.8) is 0 Å². The van der Waals surface area contributed by atoms with Crippen molar-refractivity contribution in [1.82, 2.24) is 15.5 Å². The number of hydrogen-bond acceptors (Lipinski definition) is 2. The molecule has 0 aliphatic carbocycles. The summed E-state index contributed by atoms with van der Waals surface area (Å²) in [7, 11) is 1.86. The van der Waals surface area contributed by atoms with E-state index in [-0.39, 0.29) is 0 Å². The van der Waals surface area contributed by atoms with Crippen molar-refractivity contribution >= 4 is 5.96 Å². The van der Waals surface area contributed by atoms with E-state index in [1.54, 1.807) is 0 Å². The van der Waals surface area contributed by atoms with Crippen LogP contribution in [0, 0.1) is 11.8 Å². The zero-order chi connectivity index (χ0) is 17.9. The fourth-order valence-electron chi connectivity index (χ4n) is 3.39. The van der Waals surface area contributed by atoms with Crippen LogP contribution < -0.4 is 10.6 Å². The predicted octanol–water partition coefficient (Wildman–Crippen LogP) is 3.15. The second-order valence-corrected chi connectivity index (χ2v) is 7.61. The van der Waals surface area contributed by atoms with Gasteiger partial charge >= 0.3 is 0 Å². The van der Waals surface area contributed by atoms with Crippen molar-refractivity contribution in [3.05, 3.63) is 35.9 Å². The van der Waals surface area contributed by atoms with E-state index in [9.17, 15) is 0 Å². The molecule has 4 heteroatoms. The Morgan fingerprint density at radius 1 is 1.24 bits per heavy atom. The molecule has 1 aliphatic heterocycles. The average molecular weight is 345 g/mol. The Labute approximate surface area is 154 Å². The van der Waals surface area contributed by atoms with Crippen molar-refractivity contribution in [3.8, 4) is 0 Å². The number of likely N-dealkylation sites (tertiary alicyclic amines) is 1. The highest BCUT2D eigenvalue weighted by Gasteiger charge is 2.22. The molecule has 2 N–H and O–H groups in total. The van der Waals surface area contributed by atoms with E-state index in [0.29, 0.717) is 0 Å². The molecule has 140 valence electrons. The summed E-state index contributed by atoms with van der Waals surface area (Å²) < 4.78 is 0. The van der Waals surface area contributed by atoms with Crippen LogP contribution in [0.5, 0.6) is 0 Å². The van der Waals surface area contributed by atoms with E-state index in [1.165, 1.54) is 44.5 Å². The first kappa shape index (κ1) is 19.8. The van der Waals surface area contributed by atoms with Crippen LogP contribution in [0.3, 0.4) is 0 Å². The van der Waals surface area contributed by atoms with Gasteiger partial charge in [0.1, 0.15) is 0 Å². The zero-order valence-electron chi connectivity index (χ0n) is 16.3. The monoisotopic (exact) mass is 344 g/mol. The van der Waals surface area contributed by atoms with Crippen LogP contribution >= 0.6 is 0 Å². The topological polar surface area (TPSA) is 39.7 Å². The molecule has 0 amide bonds. The Hall–Kier alpha value is -1.55. The summed E-state index contributed by atoms with van der Waals surface area (Å²) in [5.74, 6) is 2.45. The van der Waals surface area contributed by atoms with E-state index in [4.69, 9.17) is 0 Å². The Bertz CT molecular complexity index is 498. The fraction of sp³-hybridized carbons (Fsp3) is 0.667. The summed E-state index contributed by atoms with van der Waals surface area (Å²) in [4.78, 5) is 6.94. The van der Waals surface area contributed by atoms with Crippen LogP contribution in [0.25, 0.3) is 0 Å². The lowest BCUT2D eigenvalue weighted by molar-refractivity contribution is 0.328. The summed E-state index contributed by atoms with van der Waals surface area (Å²) in [6.45, 7) is 10.2. The molecule has 1 saturated heterocycles. The first-order valence-electron chi connectivity index (χ1n) is 9.88. The Kier molecular flexibility index (Phi) is 8.81. The van der Waals surface area contributed by atoms with Gasteiger partial charge in [0.2, 0.25) is 0 Å². The van der Waals surface area contributed by atoms with Crippen molar-refractivity contribution in [1.29, 1.82) is 0 Å². The minimum Gasteiger partial charge on any atom is -0.356 e. The van der Waals surface area contributed by atoms with Crippen LogP contribution in [-0.4, -0.2) is 50.6 Å². The second-order valence-electron chi connectivity index (χ2n) is 7.61. The van der Waals surface area contributed by atoms with Crippen LogP contribution in [0.4, 0.5) is 0 Å². The maximum absolute atomic E-state index is 4.34. The number of aliphatic imine (C=N–C) groups is 1. The summed E-state index contributed by atoms with van der Waals surface area (Å²) in [5, 5.41) is 6.94. The first-order chi connectivity index (χ1) is 12.2. The normalized spacial score (nSPS) is 18.7. The van der Waals surface area contributed by atoms with Gasteiger partial charge in [0, 0.05) is 33.2 Å². The van der Waals surface area contributed by atoms with Crippen molar-refractivity contribution in [2.45, 2.75) is 39.5 Å². The highest BCUT2D eigenvalue weighted by molar-refractivity contribution is 5.79. The van der Waals surface area contributed by atoms with Crippen molar-refractivity contribution in [2.75, 3.05) is 39.8 Å². The molecular formula is C21H36N4. The quantitative estimate of drug-likeness (QED) is 0.411. The van der Waals surface area contributed by atoms with Crippen LogP contribution in [-0.2, 0) is 6.42 Å². The van der Waals surface area contributed by atoms with Gasteiger partial charge in [-0.2, -0.15) is 0 Å². The molecule has 1 aromatic carbocycles. The van der Waals surface area contributed by atoms with Gasteiger partial charge in [0.25, 0.3) is 0 Å². The number of rotatable bonds is 9.